The van der Waals surface area contributed by atoms with Gasteiger partial charge < -0.3 is 5.11 Å². The summed E-state index contributed by atoms with van der Waals surface area (Å²) < 4.78 is 38.2. The lowest BCUT2D eigenvalue weighted by Gasteiger charge is -2.02. The maximum atomic E-state index is 12.5. The molecule has 4 nitrogen and oxygen atoms in total. The number of nitrogens with zero attached hydrogens (tertiary/aromatic N) is 2. The van der Waals surface area contributed by atoms with Gasteiger partial charge in [0.25, 0.3) is 0 Å². The number of halogens is 4. The molecule has 1 N–H and O–H groups in total. The number of alkyl halides is 3. The Morgan fingerprint density at radius 2 is 2.12 bits per heavy atom. The number of carbonyl (C=O) groups is 1. The van der Waals surface area contributed by atoms with Gasteiger partial charge in [-0.1, -0.05) is 11.6 Å². The van der Waals surface area contributed by atoms with E-state index in [2.05, 4.69) is 5.10 Å². The summed E-state index contributed by atoms with van der Waals surface area (Å²) in [5, 5.41) is 11.2. The number of hydrogen-bond donors (Lipinski definition) is 1. The van der Waals surface area contributed by atoms with Crippen molar-refractivity contribution in [1.29, 1.82) is 0 Å². The van der Waals surface area contributed by atoms with Crippen LogP contribution >= 0.6 is 11.6 Å². The molecule has 0 spiro atoms. The van der Waals surface area contributed by atoms with Crippen LogP contribution in [0.3, 0.4) is 0 Å². The summed E-state index contributed by atoms with van der Waals surface area (Å²) >= 11 is 5.56. The van der Waals surface area contributed by atoms with Crippen LogP contribution in [0.4, 0.5) is 13.2 Å². The molecule has 0 bridgehead atoms. The smallest absolute Gasteiger partial charge is 0.435 e. The molecular weight excluding hydrogens is 249 g/mol. The first kappa shape index (κ1) is 12.6. The highest BCUT2D eigenvalue weighted by atomic mass is 35.5. The Labute approximate surface area is 92.9 Å². The topological polar surface area (TPSA) is 55.1 Å². The van der Waals surface area contributed by atoms with Gasteiger partial charge in [-0.15, -0.1) is 0 Å². The highest BCUT2D eigenvalue weighted by Crippen LogP contribution is 2.34. The van der Waals surface area contributed by atoms with Gasteiger partial charge in [-0.2, -0.15) is 18.3 Å². The molecule has 0 fully saturated rings. The van der Waals surface area contributed by atoms with E-state index in [1.807, 2.05) is 0 Å². The molecule has 0 aliphatic rings. The van der Waals surface area contributed by atoms with E-state index in [0.717, 1.165) is 10.8 Å². The highest BCUT2D eigenvalue weighted by Gasteiger charge is 2.37. The number of rotatable bonds is 2. The molecule has 16 heavy (non-hydrogen) atoms. The summed E-state index contributed by atoms with van der Waals surface area (Å²) in [6, 6.07) is 0. The molecule has 88 valence electrons. The normalized spacial score (nSPS) is 12.3. The lowest BCUT2D eigenvalue weighted by Crippen LogP contribution is -2.08. The van der Waals surface area contributed by atoms with Crippen LogP contribution in [0.15, 0.2) is 6.08 Å². The Morgan fingerprint density at radius 3 is 2.56 bits per heavy atom. The van der Waals surface area contributed by atoms with Crippen LogP contribution < -0.4 is 0 Å². The average Bonchev–Trinajstić information content (AvgIpc) is 2.40. The van der Waals surface area contributed by atoms with Gasteiger partial charge in [0.05, 0.1) is 0 Å². The summed E-state index contributed by atoms with van der Waals surface area (Å²) in [7, 11) is 1.23. The zero-order chi connectivity index (χ0) is 12.5. The molecule has 1 aromatic rings. The molecule has 0 amide bonds. The number of aromatic nitrogens is 2. The minimum absolute atomic E-state index is 0.273. The molecule has 0 saturated heterocycles. The van der Waals surface area contributed by atoms with E-state index in [-0.39, 0.29) is 5.15 Å². The van der Waals surface area contributed by atoms with Crippen LogP contribution in [0.5, 0.6) is 0 Å². The second-order valence-corrected chi connectivity index (χ2v) is 3.20. The van der Waals surface area contributed by atoms with E-state index in [1.165, 1.54) is 7.05 Å². The molecule has 0 saturated carbocycles. The molecule has 0 aromatic carbocycles. The molecular formula is C8H6ClF3N2O2. The first-order valence-corrected chi connectivity index (χ1v) is 4.32. The van der Waals surface area contributed by atoms with Crippen molar-refractivity contribution in [2.75, 3.05) is 0 Å². The molecule has 0 unspecified atom stereocenters. The van der Waals surface area contributed by atoms with Crippen molar-refractivity contribution in [2.45, 2.75) is 6.18 Å². The van der Waals surface area contributed by atoms with Crippen molar-refractivity contribution in [3.8, 4) is 0 Å². The first-order valence-electron chi connectivity index (χ1n) is 3.94. The molecule has 1 heterocycles. The van der Waals surface area contributed by atoms with E-state index in [4.69, 9.17) is 16.7 Å². The number of aryl methyl sites for hydroxylation is 1. The standard InChI is InChI=1S/C8H6ClF3N2O2/c1-14-7(9)4(2-3-5(15)16)6(13-14)8(10,11)12/h2-3H,1H3,(H,15,16). The van der Waals surface area contributed by atoms with Gasteiger partial charge in [0.2, 0.25) is 0 Å². The van der Waals surface area contributed by atoms with Crippen LogP contribution in [-0.4, -0.2) is 20.9 Å². The van der Waals surface area contributed by atoms with Gasteiger partial charge in [-0.05, 0) is 6.08 Å². The Morgan fingerprint density at radius 1 is 1.56 bits per heavy atom. The third-order valence-corrected chi connectivity index (χ3v) is 2.12. The van der Waals surface area contributed by atoms with Crippen molar-refractivity contribution in [1.82, 2.24) is 9.78 Å². The van der Waals surface area contributed by atoms with E-state index in [1.54, 1.807) is 0 Å². The quantitative estimate of drug-likeness (QED) is 0.823. The predicted molar refractivity (Wildman–Crippen MR) is 49.9 cm³/mol. The monoisotopic (exact) mass is 254 g/mol. The van der Waals surface area contributed by atoms with E-state index in [9.17, 15) is 18.0 Å². The van der Waals surface area contributed by atoms with Gasteiger partial charge in [0.1, 0.15) is 5.15 Å². The lowest BCUT2D eigenvalue weighted by molar-refractivity contribution is -0.141. The summed E-state index contributed by atoms with van der Waals surface area (Å²) in [6.45, 7) is 0. The largest absolute Gasteiger partial charge is 0.478 e. The van der Waals surface area contributed by atoms with E-state index in [0.29, 0.717) is 6.08 Å². The van der Waals surface area contributed by atoms with Crippen LogP contribution in [-0.2, 0) is 18.0 Å². The minimum atomic E-state index is -4.68. The van der Waals surface area contributed by atoms with Gasteiger partial charge in [-0.3, -0.25) is 4.68 Å². The number of carboxylic acid groups (broad SMARTS) is 1. The lowest BCUT2D eigenvalue weighted by atomic mass is 10.2. The molecule has 0 atom stereocenters. The average molecular weight is 255 g/mol. The third kappa shape index (κ3) is 2.54. The van der Waals surface area contributed by atoms with Crippen molar-refractivity contribution in [3.05, 3.63) is 22.5 Å². The zero-order valence-corrected chi connectivity index (χ0v) is 8.67. The van der Waals surface area contributed by atoms with Gasteiger partial charge in [0.15, 0.2) is 5.69 Å². The van der Waals surface area contributed by atoms with E-state index >= 15 is 0 Å². The summed E-state index contributed by atoms with van der Waals surface area (Å²) in [4.78, 5) is 10.2. The van der Waals surface area contributed by atoms with Crippen LogP contribution in [0.25, 0.3) is 6.08 Å². The number of carboxylic acids is 1. The molecule has 1 aromatic heterocycles. The SMILES string of the molecule is Cn1nc(C(F)(F)F)c(C=CC(=O)O)c1Cl. The Hall–Kier alpha value is -1.50. The van der Waals surface area contributed by atoms with Crippen molar-refractivity contribution >= 4 is 23.6 Å². The molecule has 0 aliphatic heterocycles. The molecule has 0 aliphatic carbocycles. The molecule has 0 radical (unpaired) electrons. The van der Waals surface area contributed by atoms with E-state index < -0.39 is 23.4 Å². The highest BCUT2D eigenvalue weighted by molar-refractivity contribution is 6.31. The van der Waals surface area contributed by atoms with Gasteiger partial charge in [0, 0.05) is 18.7 Å². The van der Waals surface area contributed by atoms with Crippen LogP contribution in [0.1, 0.15) is 11.3 Å². The van der Waals surface area contributed by atoms with Crippen LogP contribution in [0, 0.1) is 0 Å². The Kier molecular flexibility index (Phi) is 3.27. The maximum absolute atomic E-state index is 12.5. The van der Waals surface area contributed by atoms with Crippen molar-refractivity contribution in [3.63, 3.8) is 0 Å². The second kappa shape index (κ2) is 4.17. The van der Waals surface area contributed by atoms with Gasteiger partial charge in [-0.25, -0.2) is 4.79 Å². The van der Waals surface area contributed by atoms with Gasteiger partial charge >= 0.3 is 12.1 Å². The molecule has 8 heteroatoms. The Balaban J connectivity index is 3.30. The maximum Gasteiger partial charge on any atom is 0.435 e. The Bertz CT molecular complexity index is 451. The third-order valence-electron chi connectivity index (χ3n) is 1.67. The summed E-state index contributed by atoms with van der Waals surface area (Å²) in [6.07, 6.45) is -3.35. The number of hydrogen-bond acceptors (Lipinski definition) is 2. The van der Waals surface area contributed by atoms with Crippen LogP contribution in [0.2, 0.25) is 5.15 Å². The zero-order valence-electron chi connectivity index (χ0n) is 7.92. The second-order valence-electron chi connectivity index (χ2n) is 2.85. The predicted octanol–water partition coefficient (Wildman–Crippen LogP) is 2.19. The fraction of sp³-hybridized carbons (Fsp3) is 0.250. The number of aliphatic carboxylic acids is 1. The van der Waals surface area contributed by atoms with Crippen molar-refractivity contribution in [2.24, 2.45) is 7.05 Å². The fourth-order valence-electron chi connectivity index (χ4n) is 1.03. The minimum Gasteiger partial charge on any atom is -0.478 e. The van der Waals surface area contributed by atoms with Crippen molar-refractivity contribution < 1.29 is 23.1 Å². The molecule has 1 rings (SSSR count). The first-order chi connectivity index (χ1) is 7.23. The summed E-state index contributed by atoms with van der Waals surface area (Å²) in [5.74, 6) is -1.37. The summed E-state index contributed by atoms with van der Waals surface area (Å²) in [5.41, 5.74) is -1.67. The fourth-order valence-corrected chi connectivity index (χ4v) is 1.22.